The predicted octanol–water partition coefficient (Wildman–Crippen LogP) is 3.44. The van der Waals surface area contributed by atoms with Gasteiger partial charge in [-0.2, -0.15) is 0 Å². The minimum Gasteiger partial charge on any atom is -0.399 e. The summed E-state index contributed by atoms with van der Waals surface area (Å²) in [5, 5.41) is 2.08. The summed E-state index contributed by atoms with van der Waals surface area (Å²) in [6.07, 6.45) is 4.14. The van der Waals surface area contributed by atoms with Crippen molar-refractivity contribution in [2.75, 3.05) is 10.6 Å². The molecule has 0 radical (unpaired) electrons. The summed E-state index contributed by atoms with van der Waals surface area (Å²) >= 11 is 1.71. The molecule has 3 aromatic rings. The number of aromatic nitrogens is 2. The normalized spacial score (nSPS) is 14.5. The highest BCUT2D eigenvalue weighted by molar-refractivity contribution is 7.17. The molecule has 1 aliphatic carbocycles. The molecule has 2 heterocycles. The Hall–Kier alpha value is -2.14. The average molecular weight is 296 g/mol. The molecule has 1 saturated carbocycles. The standard InChI is InChI=1S/C16H16N4S/c17-12-3-1-2-11(8-12)9-20(13-4-5-13)16-15-14(6-7-21-15)18-10-19-16/h1-3,6-8,10,13H,4-5,9,17H2. The van der Waals surface area contributed by atoms with Gasteiger partial charge in [-0.25, -0.2) is 9.97 Å². The Morgan fingerprint density at radius 3 is 2.95 bits per heavy atom. The minimum atomic E-state index is 0.589. The van der Waals surface area contributed by atoms with Gasteiger partial charge in [0.05, 0.1) is 10.2 Å². The number of hydrogen-bond donors (Lipinski definition) is 1. The van der Waals surface area contributed by atoms with Crippen LogP contribution in [0.2, 0.25) is 0 Å². The van der Waals surface area contributed by atoms with Crippen LogP contribution in [-0.4, -0.2) is 16.0 Å². The summed E-state index contributed by atoms with van der Waals surface area (Å²) in [5.74, 6) is 1.06. The number of nitrogens with zero attached hydrogens (tertiary/aromatic N) is 3. The maximum Gasteiger partial charge on any atom is 0.150 e. The lowest BCUT2D eigenvalue weighted by Gasteiger charge is -2.24. The lowest BCUT2D eigenvalue weighted by Crippen LogP contribution is -2.26. The molecule has 2 aromatic heterocycles. The Kier molecular flexibility index (Phi) is 3.00. The molecule has 0 saturated heterocycles. The van der Waals surface area contributed by atoms with Crippen molar-refractivity contribution < 1.29 is 0 Å². The maximum atomic E-state index is 5.90. The summed E-state index contributed by atoms with van der Waals surface area (Å²) in [5.41, 5.74) is 8.97. The van der Waals surface area contributed by atoms with Gasteiger partial charge in [-0.3, -0.25) is 0 Å². The summed E-state index contributed by atoms with van der Waals surface area (Å²) in [6, 6.07) is 10.7. The molecule has 4 rings (SSSR count). The van der Waals surface area contributed by atoms with E-state index in [0.717, 1.165) is 23.6 Å². The molecule has 0 amide bonds. The average Bonchev–Trinajstić information content (AvgIpc) is 3.21. The third kappa shape index (κ3) is 2.45. The quantitative estimate of drug-likeness (QED) is 0.749. The Bertz CT molecular complexity index is 779. The van der Waals surface area contributed by atoms with E-state index in [1.165, 1.54) is 23.1 Å². The molecule has 1 fully saturated rings. The number of hydrogen-bond acceptors (Lipinski definition) is 5. The molecule has 4 nitrogen and oxygen atoms in total. The van der Waals surface area contributed by atoms with E-state index in [-0.39, 0.29) is 0 Å². The SMILES string of the molecule is Nc1cccc(CN(c2ncnc3ccsc23)C2CC2)c1. The third-order valence-electron chi connectivity index (χ3n) is 3.79. The van der Waals surface area contributed by atoms with Gasteiger partial charge in [0.1, 0.15) is 6.33 Å². The summed E-state index contributed by atoms with van der Waals surface area (Å²) in [4.78, 5) is 11.3. The van der Waals surface area contributed by atoms with E-state index >= 15 is 0 Å². The molecule has 0 spiro atoms. The second kappa shape index (κ2) is 5.00. The molecule has 1 aromatic carbocycles. The van der Waals surface area contributed by atoms with Crippen molar-refractivity contribution in [1.82, 2.24) is 9.97 Å². The van der Waals surface area contributed by atoms with E-state index in [4.69, 9.17) is 5.73 Å². The number of nitrogens with two attached hydrogens (primary N) is 1. The second-order valence-electron chi connectivity index (χ2n) is 5.44. The van der Waals surface area contributed by atoms with Crippen LogP contribution < -0.4 is 10.6 Å². The Morgan fingerprint density at radius 1 is 1.24 bits per heavy atom. The van der Waals surface area contributed by atoms with Gasteiger partial charge in [-0.1, -0.05) is 12.1 Å². The van der Waals surface area contributed by atoms with Gasteiger partial charge >= 0.3 is 0 Å². The van der Waals surface area contributed by atoms with Crippen molar-refractivity contribution in [3.63, 3.8) is 0 Å². The molecule has 0 unspecified atom stereocenters. The van der Waals surface area contributed by atoms with Gasteiger partial charge in [-0.15, -0.1) is 11.3 Å². The van der Waals surface area contributed by atoms with Crippen LogP contribution in [-0.2, 0) is 6.54 Å². The number of nitrogen functional groups attached to an aromatic ring is 1. The fourth-order valence-corrected chi connectivity index (χ4v) is 3.48. The third-order valence-corrected chi connectivity index (χ3v) is 4.69. The van der Waals surface area contributed by atoms with Crippen LogP contribution in [0.5, 0.6) is 0 Å². The van der Waals surface area contributed by atoms with Crippen LogP contribution in [0.3, 0.4) is 0 Å². The topological polar surface area (TPSA) is 55.0 Å². The zero-order valence-corrected chi connectivity index (χ0v) is 12.4. The summed E-state index contributed by atoms with van der Waals surface area (Å²) in [7, 11) is 0. The van der Waals surface area contributed by atoms with Crippen LogP contribution in [0, 0.1) is 0 Å². The van der Waals surface area contributed by atoms with Crippen molar-refractivity contribution in [2.24, 2.45) is 0 Å². The lowest BCUT2D eigenvalue weighted by atomic mass is 10.2. The fourth-order valence-electron chi connectivity index (χ4n) is 2.63. The lowest BCUT2D eigenvalue weighted by molar-refractivity contribution is 0.782. The largest absolute Gasteiger partial charge is 0.399 e. The van der Waals surface area contributed by atoms with E-state index in [0.29, 0.717) is 6.04 Å². The van der Waals surface area contributed by atoms with Gasteiger partial charge < -0.3 is 10.6 Å². The number of anilines is 2. The van der Waals surface area contributed by atoms with Crippen molar-refractivity contribution in [3.05, 3.63) is 47.6 Å². The molecule has 21 heavy (non-hydrogen) atoms. The van der Waals surface area contributed by atoms with Crippen LogP contribution in [0.4, 0.5) is 11.5 Å². The number of fused-ring (bicyclic) bond motifs is 1. The number of benzene rings is 1. The smallest absolute Gasteiger partial charge is 0.150 e. The molecule has 0 aliphatic heterocycles. The van der Waals surface area contributed by atoms with E-state index in [2.05, 4.69) is 32.4 Å². The van der Waals surface area contributed by atoms with Gasteiger partial charge in [0.2, 0.25) is 0 Å². The monoisotopic (exact) mass is 296 g/mol. The summed E-state index contributed by atoms with van der Waals surface area (Å²) in [6.45, 7) is 0.847. The second-order valence-corrected chi connectivity index (χ2v) is 6.35. The van der Waals surface area contributed by atoms with Gasteiger partial charge in [0.25, 0.3) is 0 Å². The number of thiophene rings is 1. The predicted molar refractivity (Wildman–Crippen MR) is 87.5 cm³/mol. The Labute approximate surface area is 127 Å². The highest BCUT2D eigenvalue weighted by Crippen LogP contribution is 2.36. The molecule has 0 bridgehead atoms. The van der Waals surface area contributed by atoms with Gasteiger partial charge in [-0.05, 0) is 42.0 Å². The van der Waals surface area contributed by atoms with Crippen molar-refractivity contribution in [3.8, 4) is 0 Å². The highest BCUT2D eigenvalue weighted by atomic mass is 32.1. The van der Waals surface area contributed by atoms with E-state index in [1.807, 2.05) is 18.2 Å². The molecule has 1 aliphatic rings. The fraction of sp³-hybridized carbons (Fsp3) is 0.250. The van der Waals surface area contributed by atoms with Crippen LogP contribution in [0.1, 0.15) is 18.4 Å². The van der Waals surface area contributed by atoms with Gasteiger partial charge in [0.15, 0.2) is 5.82 Å². The van der Waals surface area contributed by atoms with E-state index in [1.54, 1.807) is 17.7 Å². The first-order valence-electron chi connectivity index (χ1n) is 7.10. The van der Waals surface area contributed by atoms with Crippen molar-refractivity contribution in [2.45, 2.75) is 25.4 Å². The van der Waals surface area contributed by atoms with Crippen LogP contribution >= 0.6 is 11.3 Å². The van der Waals surface area contributed by atoms with E-state index < -0.39 is 0 Å². The van der Waals surface area contributed by atoms with Crippen molar-refractivity contribution in [1.29, 1.82) is 0 Å². The molecule has 0 atom stereocenters. The van der Waals surface area contributed by atoms with E-state index in [9.17, 15) is 0 Å². The zero-order valence-electron chi connectivity index (χ0n) is 11.6. The molecule has 106 valence electrons. The molecule has 2 N–H and O–H groups in total. The van der Waals surface area contributed by atoms with Crippen LogP contribution in [0.25, 0.3) is 10.2 Å². The van der Waals surface area contributed by atoms with Crippen molar-refractivity contribution >= 4 is 33.1 Å². The zero-order chi connectivity index (χ0) is 14.2. The van der Waals surface area contributed by atoms with Crippen LogP contribution in [0.15, 0.2) is 42.0 Å². The summed E-state index contributed by atoms with van der Waals surface area (Å²) < 4.78 is 1.17. The Balaban J connectivity index is 1.73. The minimum absolute atomic E-state index is 0.589. The Morgan fingerprint density at radius 2 is 2.14 bits per heavy atom. The number of rotatable bonds is 4. The molecular formula is C16H16N4S. The van der Waals surface area contributed by atoms with Gasteiger partial charge in [0, 0.05) is 18.3 Å². The maximum absolute atomic E-state index is 5.90. The molecule has 5 heteroatoms. The first-order valence-corrected chi connectivity index (χ1v) is 7.98. The first-order chi connectivity index (χ1) is 10.3. The first kappa shape index (κ1) is 12.6. The molecular weight excluding hydrogens is 280 g/mol. The highest BCUT2D eigenvalue weighted by Gasteiger charge is 2.31.